The maximum absolute atomic E-state index is 14.3. The Bertz CT molecular complexity index is 1440. The molecule has 1 amide bonds. The molecule has 0 bridgehead atoms. The predicted molar refractivity (Wildman–Crippen MR) is 140 cm³/mol. The summed E-state index contributed by atoms with van der Waals surface area (Å²) in [6.07, 6.45) is 4.71. The van der Waals surface area contributed by atoms with E-state index in [1.165, 1.54) is 50.9 Å². The van der Waals surface area contributed by atoms with Gasteiger partial charge in [0.2, 0.25) is 10.0 Å². The second kappa shape index (κ2) is 11.2. The van der Waals surface area contributed by atoms with Crippen molar-refractivity contribution < 1.29 is 17.6 Å². The van der Waals surface area contributed by atoms with Gasteiger partial charge in [-0.2, -0.15) is 4.31 Å². The van der Waals surface area contributed by atoms with E-state index in [0.29, 0.717) is 41.3 Å². The lowest BCUT2D eigenvalue weighted by Crippen LogP contribution is -2.33. The average Bonchev–Trinajstić information content (AvgIpc) is 3.33. The number of fused-ring (bicyclic) bond motifs is 1. The van der Waals surface area contributed by atoms with E-state index in [9.17, 15) is 17.6 Å². The Kier molecular flexibility index (Phi) is 8.07. The van der Waals surface area contributed by atoms with Crippen LogP contribution in [0.3, 0.4) is 0 Å². The van der Waals surface area contributed by atoms with Crippen molar-refractivity contribution in [1.29, 1.82) is 0 Å². The molecular formula is C26H27FN4O3S2. The Hall–Kier alpha value is -3.21. The molecule has 0 aliphatic heterocycles. The van der Waals surface area contributed by atoms with Gasteiger partial charge in [-0.3, -0.25) is 14.7 Å². The van der Waals surface area contributed by atoms with E-state index in [4.69, 9.17) is 0 Å². The van der Waals surface area contributed by atoms with Crippen LogP contribution in [0.15, 0.2) is 71.9 Å². The van der Waals surface area contributed by atoms with Crippen molar-refractivity contribution in [3.63, 3.8) is 0 Å². The summed E-state index contributed by atoms with van der Waals surface area (Å²) in [5, 5.41) is 0.345. The van der Waals surface area contributed by atoms with Gasteiger partial charge in [0.25, 0.3) is 5.91 Å². The molecular weight excluding hydrogens is 499 g/mol. The lowest BCUT2D eigenvalue weighted by molar-refractivity contribution is 0.0985. The highest BCUT2D eigenvalue weighted by atomic mass is 32.2. The number of benzene rings is 2. The third-order valence-electron chi connectivity index (χ3n) is 5.58. The molecule has 0 N–H and O–H groups in total. The van der Waals surface area contributed by atoms with Gasteiger partial charge in [-0.05, 0) is 60.9 Å². The second-order valence-corrected chi connectivity index (χ2v) is 11.2. The number of aromatic nitrogens is 2. The Morgan fingerprint density at radius 3 is 2.33 bits per heavy atom. The van der Waals surface area contributed by atoms with Crippen LogP contribution in [0.1, 0.15) is 42.6 Å². The Balaban J connectivity index is 1.68. The molecule has 2 aromatic carbocycles. The molecule has 0 aliphatic carbocycles. The molecule has 7 nitrogen and oxygen atoms in total. The Labute approximate surface area is 214 Å². The van der Waals surface area contributed by atoms with Crippen molar-refractivity contribution in [2.24, 2.45) is 0 Å². The van der Waals surface area contributed by atoms with E-state index >= 15 is 0 Å². The molecule has 0 aliphatic rings. The summed E-state index contributed by atoms with van der Waals surface area (Å²) < 4.78 is 42.6. The number of carbonyl (C=O) groups is 1. The first-order valence-corrected chi connectivity index (χ1v) is 14.0. The van der Waals surface area contributed by atoms with Crippen molar-refractivity contribution in [3.8, 4) is 0 Å². The molecule has 0 saturated carbocycles. The summed E-state index contributed by atoms with van der Waals surface area (Å²) in [7, 11) is -3.66. The zero-order chi connectivity index (χ0) is 25.7. The summed E-state index contributed by atoms with van der Waals surface area (Å²) in [6, 6.07) is 14.2. The number of anilines is 1. The highest BCUT2D eigenvalue weighted by molar-refractivity contribution is 7.89. The molecule has 0 spiro atoms. The molecule has 4 aromatic rings. The quantitative estimate of drug-likeness (QED) is 0.273. The van der Waals surface area contributed by atoms with Crippen LogP contribution in [0.4, 0.5) is 9.52 Å². The smallest absolute Gasteiger partial charge is 0.260 e. The van der Waals surface area contributed by atoms with Gasteiger partial charge >= 0.3 is 0 Å². The maximum Gasteiger partial charge on any atom is 0.260 e. The minimum absolute atomic E-state index is 0.141. The molecule has 36 heavy (non-hydrogen) atoms. The number of pyridine rings is 1. The van der Waals surface area contributed by atoms with Crippen LogP contribution in [0.5, 0.6) is 0 Å². The van der Waals surface area contributed by atoms with Crippen molar-refractivity contribution in [1.82, 2.24) is 14.3 Å². The maximum atomic E-state index is 14.3. The number of thiazole rings is 1. The van der Waals surface area contributed by atoms with Gasteiger partial charge in [-0.25, -0.2) is 17.8 Å². The van der Waals surface area contributed by atoms with Crippen LogP contribution in [0, 0.1) is 5.82 Å². The summed E-state index contributed by atoms with van der Waals surface area (Å²) in [5.41, 5.74) is 1.28. The molecule has 2 aromatic heterocycles. The van der Waals surface area contributed by atoms with Crippen LogP contribution in [-0.2, 0) is 16.6 Å². The standard InChI is InChI=1S/C26H27FN4O3S2/c1-3-15-30(16-4-2)36(33,34)21-12-10-20(11-13-21)25(32)31(18-19-7-6-14-28-17-19)26-29-24-22(27)8-5-9-23(24)35-26/h5-14,17H,3-4,15-16,18H2,1-2H3. The monoisotopic (exact) mass is 526 g/mol. The van der Waals surface area contributed by atoms with E-state index in [0.717, 1.165) is 5.56 Å². The van der Waals surface area contributed by atoms with Gasteiger partial charge in [-0.1, -0.05) is 37.3 Å². The first-order valence-electron chi connectivity index (χ1n) is 11.7. The van der Waals surface area contributed by atoms with Crippen LogP contribution >= 0.6 is 11.3 Å². The van der Waals surface area contributed by atoms with Gasteiger partial charge < -0.3 is 0 Å². The summed E-state index contributed by atoms with van der Waals surface area (Å²) >= 11 is 1.22. The third-order valence-corrected chi connectivity index (χ3v) is 8.54. The van der Waals surface area contributed by atoms with E-state index in [1.54, 1.807) is 30.6 Å². The molecule has 0 fully saturated rings. The molecule has 0 atom stereocenters. The first-order chi connectivity index (χ1) is 17.3. The molecule has 10 heteroatoms. The van der Waals surface area contributed by atoms with Gasteiger partial charge in [0.15, 0.2) is 5.13 Å². The average molecular weight is 527 g/mol. The zero-order valence-electron chi connectivity index (χ0n) is 20.1. The number of halogens is 1. The molecule has 0 radical (unpaired) electrons. The number of sulfonamides is 1. The Morgan fingerprint density at radius 1 is 1.00 bits per heavy atom. The SMILES string of the molecule is CCCN(CCC)S(=O)(=O)c1ccc(C(=O)N(Cc2cccnc2)c2nc3c(F)cccc3s2)cc1. The Morgan fingerprint density at radius 2 is 1.72 bits per heavy atom. The topological polar surface area (TPSA) is 83.5 Å². The number of hydrogen-bond acceptors (Lipinski definition) is 6. The summed E-state index contributed by atoms with van der Waals surface area (Å²) in [6.45, 7) is 4.91. The zero-order valence-corrected chi connectivity index (χ0v) is 21.7. The molecule has 0 saturated heterocycles. The molecule has 188 valence electrons. The fourth-order valence-electron chi connectivity index (χ4n) is 3.84. The highest BCUT2D eigenvalue weighted by Crippen LogP contribution is 2.32. The van der Waals surface area contributed by atoms with E-state index in [1.807, 2.05) is 19.9 Å². The third kappa shape index (κ3) is 5.45. The van der Waals surface area contributed by atoms with E-state index in [2.05, 4.69) is 9.97 Å². The van der Waals surface area contributed by atoms with Gasteiger partial charge in [0.1, 0.15) is 11.3 Å². The van der Waals surface area contributed by atoms with Crippen molar-refractivity contribution in [3.05, 3.63) is 83.9 Å². The minimum Gasteiger partial charge on any atom is -0.279 e. The summed E-state index contributed by atoms with van der Waals surface area (Å²) in [5.74, 6) is -0.830. The largest absolute Gasteiger partial charge is 0.279 e. The molecule has 4 rings (SSSR count). The van der Waals surface area contributed by atoms with E-state index in [-0.39, 0.29) is 22.9 Å². The van der Waals surface area contributed by atoms with Crippen LogP contribution in [0.25, 0.3) is 10.2 Å². The van der Waals surface area contributed by atoms with Gasteiger partial charge in [0, 0.05) is 31.0 Å². The predicted octanol–water partition coefficient (Wildman–Crippen LogP) is 5.49. The lowest BCUT2D eigenvalue weighted by Gasteiger charge is -2.22. The molecule has 0 unspecified atom stereocenters. The van der Waals surface area contributed by atoms with E-state index < -0.39 is 15.8 Å². The normalized spacial score (nSPS) is 11.8. The fourth-order valence-corrected chi connectivity index (χ4v) is 6.45. The van der Waals surface area contributed by atoms with Gasteiger partial charge in [0.05, 0.1) is 16.1 Å². The second-order valence-electron chi connectivity index (χ2n) is 8.26. The van der Waals surface area contributed by atoms with Crippen LogP contribution in [0.2, 0.25) is 0 Å². The number of hydrogen-bond donors (Lipinski definition) is 0. The first kappa shape index (κ1) is 25.9. The number of carbonyl (C=O) groups excluding carboxylic acids is 1. The van der Waals surface area contributed by atoms with Crippen molar-refractivity contribution in [2.45, 2.75) is 38.1 Å². The highest BCUT2D eigenvalue weighted by Gasteiger charge is 2.26. The van der Waals surface area contributed by atoms with Crippen molar-refractivity contribution in [2.75, 3.05) is 18.0 Å². The number of amides is 1. The number of para-hydroxylation sites is 1. The lowest BCUT2D eigenvalue weighted by atomic mass is 10.2. The van der Waals surface area contributed by atoms with Crippen LogP contribution < -0.4 is 4.90 Å². The number of nitrogens with zero attached hydrogens (tertiary/aromatic N) is 4. The fraction of sp³-hybridized carbons (Fsp3) is 0.269. The van der Waals surface area contributed by atoms with Crippen LogP contribution in [-0.4, -0.2) is 41.7 Å². The number of rotatable bonds is 10. The summed E-state index contributed by atoms with van der Waals surface area (Å²) in [4.78, 5) is 23.8. The minimum atomic E-state index is -3.66. The van der Waals surface area contributed by atoms with Crippen molar-refractivity contribution >= 4 is 42.6 Å². The molecule has 2 heterocycles. The van der Waals surface area contributed by atoms with Gasteiger partial charge in [-0.15, -0.1) is 0 Å².